The predicted molar refractivity (Wildman–Crippen MR) is 144 cm³/mol. The summed E-state index contributed by atoms with van der Waals surface area (Å²) >= 11 is 7.18. The smallest absolute Gasteiger partial charge is 0.293 e. The molecule has 1 aliphatic heterocycles. The Kier molecular flexibility index (Phi) is 8.16. The summed E-state index contributed by atoms with van der Waals surface area (Å²) in [7, 11) is 0. The van der Waals surface area contributed by atoms with E-state index in [4.69, 9.17) is 16.3 Å². The summed E-state index contributed by atoms with van der Waals surface area (Å²) in [5, 5.41) is 0.215. The maximum atomic E-state index is 13.1. The summed E-state index contributed by atoms with van der Waals surface area (Å²) in [4.78, 5) is 29.6. The lowest BCUT2D eigenvalue weighted by Crippen LogP contribution is -2.27. The molecule has 0 unspecified atom stereocenters. The minimum atomic E-state index is -0.332. The van der Waals surface area contributed by atoms with Gasteiger partial charge in [0.25, 0.3) is 11.1 Å². The summed E-state index contributed by atoms with van der Waals surface area (Å²) in [5.41, 5.74) is 3.57. The van der Waals surface area contributed by atoms with Crippen LogP contribution in [0.15, 0.2) is 77.7 Å². The van der Waals surface area contributed by atoms with Crippen molar-refractivity contribution < 1.29 is 14.3 Å². The average Bonchev–Trinajstić information content (AvgIpc) is 3.13. The van der Waals surface area contributed by atoms with E-state index in [1.807, 2.05) is 66.7 Å². The second-order valence-electron chi connectivity index (χ2n) is 8.03. The number of carbonyl (C=O) groups excluding carboxylic acids is 2. The molecule has 1 fully saturated rings. The van der Waals surface area contributed by atoms with Gasteiger partial charge >= 0.3 is 0 Å². The fourth-order valence-corrected chi connectivity index (χ4v) is 4.89. The lowest BCUT2D eigenvalue weighted by molar-refractivity contribution is -0.123. The number of hydrogen-bond acceptors (Lipinski definition) is 5. The van der Waals surface area contributed by atoms with Crippen LogP contribution in [0.25, 0.3) is 6.08 Å². The molecular formula is C28H27ClN2O3S. The number of anilines is 1. The normalized spacial score (nSPS) is 14.6. The van der Waals surface area contributed by atoms with Gasteiger partial charge in [-0.3, -0.25) is 14.5 Å². The fraction of sp³-hybridized carbons (Fsp3) is 0.214. The lowest BCUT2D eigenvalue weighted by atomic mass is 10.1. The van der Waals surface area contributed by atoms with E-state index in [0.29, 0.717) is 22.3 Å². The predicted octanol–water partition coefficient (Wildman–Crippen LogP) is 7.00. The van der Waals surface area contributed by atoms with Crippen molar-refractivity contribution in [3.05, 3.63) is 99.4 Å². The maximum Gasteiger partial charge on any atom is 0.293 e. The van der Waals surface area contributed by atoms with Crippen molar-refractivity contribution in [3.8, 4) is 5.75 Å². The number of carbonyl (C=O) groups is 2. The van der Waals surface area contributed by atoms with Gasteiger partial charge in [0.2, 0.25) is 0 Å². The van der Waals surface area contributed by atoms with Crippen molar-refractivity contribution in [2.45, 2.75) is 27.0 Å². The maximum absolute atomic E-state index is 13.1. The Balaban J connectivity index is 1.62. The van der Waals surface area contributed by atoms with Gasteiger partial charge in [0.1, 0.15) is 12.4 Å². The minimum absolute atomic E-state index is 0.139. The molecule has 1 heterocycles. The molecule has 0 atom stereocenters. The molecule has 35 heavy (non-hydrogen) atoms. The Hall–Kier alpha value is -3.22. The summed E-state index contributed by atoms with van der Waals surface area (Å²) in [6.07, 6.45) is 1.74. The Labute approximate surface area is 215 Å². The van der Waals surface area contributed by atoms with Crippen molar-refractivity contribution in [2.24, 2.45) is 0 Å². The van der Waals surface area contributed by atoms with Gasteiger partial charge in [-0.25, -0.2) is 0 Å². The number of nitrogens with zero attached hydrogens (tertiary/aromatic N) is 2. The average molecular weight is 507 g/mol. The molecule has 1 aliphatic rings. The second kappa shape index (κ2) is 11.5. The zero-order valence-electron chi connectivity index (χ0n) is 19.7. The van der Waals surface area contributed by atoms with E-state index in [2.05, 4.69) is 18.7 Å². The van der Waals surface area contributed by atoms with Gasteiger partial charge in [-0.1, -0.05) is 60.1 Å². The number of thioether (sulfide) groups is 1. The SMILES string of the molecule is CCN(CC)c1ccc(/C=C2\SC(=O)N(Cc3ccccc3Cl)C2=O)c(OCc2ccccc2)c1. The van der Waals surface area contributed by atoms with Crippen LogP contribution in [0.5, 0.6) is 5.75 Å². The van der Waals surface area contributed by atoms with Gasteiger partial charge < -0.3 is 9.64 Å². The van der Waals surface area contributed by atoms with E-state index in [1.54, 1.807) is 12.1 Å². The molecule has 0 aromatic heterocycles. The molecule has 4 rings (SSSR count). The van der Waals surface area contributed by atoms with Crippen LogP contribution >= 0.6 is 23.4 Å². The van der Waals surface area contributed by atoms with Crippen LogP contribution in [-0.4, -0.2) is 29.1 Å². The molecule has 0 radical (unpaired) electrons. The molecule has 1 saturated heterocycles. The van der Waals surface area contributed by atoms with E-state index < -0.39 is 0 Å². The number of benzene rings is 3. The van der Waals surface area contributed by atoms with Crippen molar-refractivity contribution in [1.82, 2.24) is 4.90 Å². The highest BCUT2D eigenvalue weighted by Gasteiger charge is 2.35. The van der Waals surface area contributed by atoms with Gasteiger partial charge in [0, 0.05) is 35.4 Å². The first-order chi connectivity index (χ1) is 17.0. The topological polar surface area (TPSA) is 49.9 Å². The summed E-state index contributed by atoms with van der Waals surface area (Å²) in [6, 6.07) is 23.1. The van der Waals surface area contributed by atoms with Crippen molar-refractivity contribution >= 4 is 46.3 Å². The third kappa shape index (κ3) is 5.89. The summed E-state index contributed by atoms with van der Waals surface area (Å²) in [6.45, 7) is 6.49. The van der Waals surface area contributed by atoms with E-state index in [0.717, 1.165) is 47.2 Å². The number of amides is 2. The Morgan fingerprint density at radius 1 is 0.971 bits per heavy atom. The first-order valence-electron chi connectivity index (χ1n) is 11.5. The number of imide groups is 1. The molecule has 0 bridgehead atoms. The molecule has 0 saturated carbocycles. The van der Waals surface area contributed by atoms with Crippen molar-refractivity contribution in [1.29, 1.82) is 0 Å². The molecule has 3 aromatic carbocycles. The zero-order valence-corrected chi connectivity index (χ0v) is 21.3. The van der Waals surface area contributed by atoms with Crippen LogP contribution < -0.4 is 9.64 Å². The zero-order chi connectivity index (χ0) is 24.8. The highest BCUT2D eigenvalue weighted by Crippen LogP contribution is 2.36. The Morgan fingerprint density at radius 3 is 2.40 bits per heavy atom. The van der Waals surface area contributed by atoms with Crippen LogP contribution in [0.4, 0.5) is 10.5 Å². The Bertz CT molecular complexity index is 1240. The first-order valence-corrected chi connectivity index (χ1v) is 12.7. The summed E-state index contributed by atoms with van der Waals surface area (Å²) in [5.74, 6) is 0.331. The van der Waals surface area contributed by atoms with Gasteiger partial charge in [-0.15, -0.1) is 0 Å². The summed E-state index contributed by atoms with van der Waals surface area (Å²) < 4.78 is 6.21. The van der Waals surface area contributed by atoms with Crippen LogP contribution in [0.2, 0.25) is 5.02 Å². The highest BCUT2D eigenvalue weighted by atomic mass is 35.5. The van der Waals surface area contributed by atoms with Gasteiger partial charge in [0.05, 0.1) is 11.4 Å². The van der Waals surface area contributed by atoms with Crippen molar-refractivity contribution in [2.75, 3.05) is 18.0 Å². The first kappa shape index (κ1) is 24.9. The number of ether oxygens (including phenoxy) is 1. The minimum Gasteiger partial charge on any atom is -0.488 e. The van der Waals surface area contributed by atoms with E-state index in [-0.39, 0.29) is 17.7 Å². The monoisotopic (exact) mass is 506 g/mol. The molecular weight excluding hydrogens is 480 g/mol. The number of halogens is 1. The quantitative estimate of drug-likeness (QED) is 0.292. The molecule has 5 nitrogen and oxygen atoms in total. The third-order valence-corrected chi connectivity index (χ3v) is 7.09. The van der Waals surface area contributed by atoms with Crippen molar-refractivity contribution in [3.63, 3.8) is 0 Å². The molecule has 180 valence electrons. The molecule has 3 aromatic rings. The highest BCUT2D eigenvalue weighted by molar-refractivity contribution is 8.18. The van der Waals surface area contributed by atoms with E-state index in [1.165, 1.54) is 4.90 Å². The van der Waals surface area contributed by atoms with Gasteiger partial charge in [-0.05, 0) is 61.0 Å². The van der Waals surface area contributed by atoms with Gasteiger partial charge in [-0.2, -0.15) is 0 Å². The third-order valence-electron chi connectivity index (χ3n) is 5.81. The largest absolute Gasteiger partial charge is 0.488 e. The van der Waals surface area contributed by atoms with Crippen LogP contribution in [0.3, 0.4) is 0 Å². The fourth-order valence-electron chi connectivity index (χ4n) is 3.86. The lowest BCUT2D eigenvalue weighted by Gasteiger charge is -2.22. The molecule has 0 N–H and O–H groups in total. The van der Waals surface area contributed by atoms with E-state index >= 15 is 0 Å². The second-order valence-corrected chi connectivity index (χ2v) is 9.43. The van der Waals surface area contributed by atoms with E-state index in [9.17, 15) is 9.59 Å². The molecule has 7 heteroatoms. The number of rotatable bonds is 9. The molecule has 0 spiro atoms. The molecule has 0 aliphatic carbocycles. The standard InChI is InChI=1S/C28H27ClN2O3S/c1-3-30(4-2)23-15-14-21(25(17-23)34-19-20-10-6-5-7-11-20)16-26-27(32)31(28(33)35-26)18-22-12-8-9-13-24(22)29/h5-17H,3-4,18-19H2,1-2H3/b26-16-. The van der Waals surface area contributed by atoms with Crippen LogP contribution in [0.1, 0.15) is 30.5 Å². The Morgan fingerprint density at radius 2 is 1.69 bits per heavy atom. The number of hydrogen-bond donors (Lipinski definition) is 0. The molecule has 2 amide bonds. The van der Waals surface area contributed by atoms with Crippen LogP contribution in [-0.2, 0) is 17.9 Å². The van der Waals surface area contributed by atoms with Gasteiger partial charge in [0.15, 0.2) is 0 Å². The van der Waals surface area contributed by atoms with Crippen LogP contribution in [0, 0.1) is 0 Å².